The number of nitrogens with zero attached hydrogens (tertiary/aromatic N) is 1. The molecule has 0 fully saturated rings. The molecule has 1 rings (SSSR count). The maximum atomic E-state index is 11.0. The lowest BCUT2D eigenvalue weighted by atomic mass is 10.2. The van der Waals surface area contributed by atoms with Crippen LogP contribution in [0.4, 0.5) is 0 Å². The Balaban J connectivity index is 2.47. The second kappa shape index (κ2) is 7.74. The molecule has 0 atom stereocenters. The molecule has 6 nitrogen and oxygen atoms in total. The van der Waals surface area contributed by atoms with Gasteiger partial charge in [-0.15, -0.1) is 0 Å². The van der Waals surface area contributed by atoms with Gasteiger partial charge in [-0.3, -0.25) is 9.17 Å². The molecule has 8 heteroatoms. The Morgan fingerprint density at radius 1 is 1.17 bits per heavy atom. The summed E-state index contributed by atoms with van der Waals surface area (Å²) in [6.07, 6.45) is 4.14. The van der Waals surface area contributed by atoms with Gasteiger partial charge in [0.05, 0.1) is 25.7 Å². The molecule has 132 valence electrons. The molecule has 0 amide bonds. The van der Waals surface area contributed by atoms with Crippen molar-refractivity contribution >= 4 is 18.4 Å². The second-order valence-electron chi connectivity index (χ2n) is 6.95. The van der Waals surface area contributed by atoms with Crippen LogP contribution >= 0.6 is 0 Å². The molecule has 0 bridgehead atoms. The Bertz CT molecular complexity index is 611. The first kappa shape index (κ1) is 20.1. The van der Waals surface area contributed by atoms with E-state index in [1.165, 1.54) is 0 Å². The fourth-order valence-electron chi connectivity index (χ4n) is 1.47. The first-order chi connectivity index (χ1) is 10.4. The van der Waals surface area contributed by atoms with Crippen LogP contribution in [0.1, 0.15) is 26.3 Å². The first-order valence-corrected chi connectivity index (χ1v) is 12.2. The van der Waals surface area contributed by atoms with Gasteiger partial charge in [0.1, 0.15) is 12.4 Å². The molecule has 0 aliphatic carbocycles. The van der Waals surface area contributed by atoms with Crippen LogP contribution in [0, 0.1) is 0 Å². The van der Waals surface area contributed by atoms with E-state index in [-0.39, 0.29) is 11.6 Å². The summed E-state index contributed by atoms with van der Waals surface area (Å²) in [4.78, 5) is 4.02. The van der Waals surface area contributed by atoms with Crippen LogP contribution < -0.4 is 4.74 Å². The molecule has 0 spiro atoms. The third-order valence-electron chi connectivity index (χ3n) is 3.83. The lowest BCUT2D eigenvalue weighted by Crippen LogP contribution is -2.41. The van der Waals surface area contributed by atoms with Crippen LogP contribution in [0.15, 0.2) is 18.5 Å². The molecular weight excluding hydrogens is 334 g/mol. The average Bonchev–Trinajstić information content (AvgIpc) is 2.40. The quantitative estimate of drug-likeness (QED) is 0.402. The average molecular weight is 362 g/mol. The zero-order valence-corrected chi connectivity index (χ0v) is 16.6. The lowest BCUT2D eigenvalue weighted by molar-refractivity contribution is 0.203. The molecule has 1 aromatic heterocycles. The molecule has 0 aliphatic rings. The Hall–Kier alpha value is -0.963. The zero-order chi connectivity index (χ0) is 17.7. The third kappa shape index (κ3) is 7.43. The molecule has 1 aromatic rings. The molecule has 0 unspecified atom stereocenters. The van der Waals surface area contributed by atoms with Gasteiger partial charge in [0.15, 0.2) is 8.32 Å². The fourth-order valence-corrected chi connectivity index (χ4v) is 2.85. The van der Waals surface area contributed by atoms with E-state index in [2.05, 4.69) is 38.8 Å². The van der Waals surface area contributed by atoms with Gasteiger partial charge >= 0.3 is 0 Å². The number of hydrogen-bond acceptors (Lipinski definition) is 6. The minimum Gasteiger partial charge on any atom is -0.490 e. The highest BCUT2D eigenvalue weighted by atomic mass is 32.2. The minimum atomic E-state index is -3.47. The monoisotopic (exact) mass is 361 g/mol. The van der Waals surface area contributed by atoms with Gasteiger partial charge in [0.25, 0.3) is 10.1 Å². The van der Waals surface area contributed by atoms with Crippen molar-refractivity contribution in [1.82, 2.24) is 4.98 Å². The van der Waals surface area contributed by atoms with Crippen LogP contribution in [0.3, 0.4) is 0 Å². The van der Waals surface area contributed by atoms with Crippen molar-refractivity contribution in [3.05, 3.63) is 24.0 Å². The summed E-state index contributed by atoms with van der Waals surface area (Å²) in [6, 6.07) is 1.71. The number of ether oxygens (including phenoxy) is 1. The van der Waals surface area contributed by atoms with E-state index < -0.39 is 18.4 Å². The molecule has 1 heterocycles. The van der Waals surface area contributed by atoms with Crippen molar-refractivity contribution in [3.63, 3.8) is 0 Å². The Morgan fingerprint density at radius 2 is 1.83 bits per heavy atom. The Labute approximate surface area is 140 Å². The summed E-state index contributed by atoms with van der Waals surface area (Å²) in [5.74, 6) is 0.568. The van der Waals surface area contributed by atoms with E-state index in [4.69, 9.17) is 13.3 Å². The van der Waals surface area contributed by atoms with Gasteiger partial charge in [-0.1, -0.05) is 20.8 Å². The Kier molecular flexibility index (Phi) is 6.76. The van der Waals surface area contributed by atoms with E-state index in [0.29, 0.717) is 24.5 Å². The van der Waals surface area contributed by atoms with E-state index in [1.54, 1.807) is 18.5 Å². The van der Waals surface area contributed by atoms with E-state index in [0.717, 1.165) is 6.26 Å². The number of rotatable bonds is 8. The van der Waals surface area contributed by atoms with Gasteiger partial charge in [0, 0.05) is 11.8 Å². The highest BCUT2D eigenvalue weighted by molar-refractivity contribution is 7.85. The molecule has 0 radical (unpaired) electrons. The number of pyridine rings is 1. The van der Waals surface area contributed by atoms with Gasteiger partial charge in [0.2, 0.25) is 0 Å². The molecular formula is C15H27NO5SSi. The number of hydrogen-bond donors (Lipinski definition) is 0. The molecule has 23 heavy (non-hydrogen) atoms. The van der Waals surface area contributed by atoms with Crippen molar-refractivity contribution in [1.29, 1.82) is 0 Å². The van der Waals surface area contributed by atoms with E-state index >= 15 is 0 Å². The molecule has 0 aliphatic heterocycles. The summed E-state index contributed by atoms with van der Waals surface area (Å²) in [7, 11) is -5.24. The zero-order valence-electron chi connectivity index (χ0n) is 14.8. The van der Waals surface area contributed by atoms with Crippen LogP contribution in [0.5, 0.6) is 5.75 Å². The van der Waals surface area contributed by atoms with Crippen molar-refractivity contribution < 1.29 is 21.8 Å². The van der Waals surface area contributed by atoms with Crippen molar-refractivity contribution in [2.45, 2.75) is 45.5 Å². The molecule has 0 aromatic carbocycles. The third-order valence-corrected chi connectivity index (χ3v) is 8.91. The van der Waals surface area contributed by atoms with E-state index in [9.17, 15) is 8.42 Å². The lowest BCUT2D eigenvalue weighted by Gasteiger charge is -2.36. The highest BCUT2D eigenvalue weighted by Crippen LogP contribution is 2.36. The number of aromatic nitrogens is 1. The smallest absolute Gasteiger partial charge is 0.264 e. The normalized spacial score (nSPS) is 13.1. The second-order valence-corrected chi connectivity index (χ2v) is 13.4. The van der Waals surface area contributed by atoms with E-state index in [1.807, 2.05) is 0 Å². The van der Waals surface area contributed by atoms with Gasteiger partial charge in [-0.2, -0.15) is 8.42 Å². The summed E-state index contributed by atoms with van der Waals surface area (Å²) in [6.45, 7) is 11.8. The summed E-state index contributed by atoms with van der Waals surface area (Å²) >= 11 is 0. The standard InChI is InChI=1S/C15H27NO5SSi/c1-15(2,3)23(5,6)21-8-7-19-14-9-13(10-16-11-14)12-20-22(4,17)18/h9-11H,7-8,12H2,1-6H3. The summed E-state index contributed by atoms with van der Waals surface area (Å²) in [5.41, 5.74) is 0.637. The maximum absolute atomic E-state index is 11.0. The largest absolute Gasteiger partial charge is 0.490 e. The van der Waals surface area contributed by atoms with Gasteiger partial charge < -0.3 is 9.16 Å². The van der Waals surface area contributed by atoms with Gasteiger partial charge in [-0.05, 0) is 24.2 Å². The first-order valence-electron chi connectivity index (χ1n) is 7.46. The molecule has 0 N–H and O–H groups in total. The predicted octanol–water partition coefficient (Wildman–Crippen LogP) is 2.96. The predicted molar refractivity (Wildman–Crippen MR) is 92.5 cm³/mol. The maximum Gasteiger partial charge on any atom is 0.264 e. The minimum absolute atomic E-state index is 0.0521. The highest BCUT2D eigenvalue weighted by Gasteiger charge is 2.36. The van der Waals surface area contributed by atoms with Crippen LogP contribution in [-0.2, 0) is 25.3 Å². The van der Waals surface area contributed by atoms with Crippen LogP contribution in [0.2, 0.25) is 18.1 Å². The van der Waals surface area contributed by atoms with Crippen molar-refractivity contribution in [2.75, 3.05) is 19.5 Å². The molecule has 0 saturated carbocycles. The van der Waals surface area contributed by atoms with Gasteiger partial charge in [-0.25, -0.2) is 0 Å². The Morgan fingerprint density at radius 3 is 2.39 bits per heavy atom. The fraction of sp³-hybridized carbons (Fsp3) is 0.667. The van der Waals surface area contributed by atoms with Crippen molar-refractivity contribution in [3.8, 4) is 5.75 Å². The summed E-state index contributed by atoms with van der Waals surface area (Å²) in [5, 5.41) is 0.164. The summed E-state index contributed by atoms with van der Waals surface area (Å²) < 4.78 is 38.4. The van der Waals surface area contributed by atoms with Crippen molar-refractivity contribution in [2.24, 2.45) is 0 Å². The topological polar surface area (TPSA) is 74.7 Å². The van der Waals surface area contributed by atoms with Crippen LogP contribution in [-0.4, -0.2) is 41.2 Å². The SMILES string of the molecule is CC(C)(C)[Si](C)(C)OCCOc1cncc(COS(C)(=O)=O)c1. The molecule has 0 saturated heterocycles. The van der Waals surface area contributed by atoms with Crippen LogP contribution in [0.25, 0.3) is 0 Å².